The lowest BCUT2D eigenvalue weighted by molar-refractivity contribution is -0.127. The number of hydrogen-bond donors (Lipinski definition) is 2. The maximum absolute atomic E-state index is 12.2. The summed E-state index contributed by atoms with van der Waals surface area (Å²) in [6.45, 7) is 8.88. The molecule has 0 aromatic carbocycles. The highest BCUT2D eigenvalue weighted by molar-refractivity contribution is 5.87. The number of nitrogens with zero attached hydrogens (tertiary/aromatic N) is 7. The molecular weight excluding hydrogens is 526 g/mol. The first kappa shape index (κ1) is 26.6. The second-order valence-corrected chi connectivity index (χ2v) is 9.94. The number of likely N-dealkylation sites (tertiary alicyclic amines) is 1. The van der Waals surface area contributed by atoms with Crippen LogP contribution in [0.3, 0.4) is 0 Å². The van der Waals surface area contributed by atoms with Crippen LogP contribution in [-0.4, -0.2) is 86.5 Å². The van der Waals surface area contributed by atoms with Crippen molar-refractivity contribution < 1.29 is 18.5 Å². The van der Waals surface area contributed by atoms with Crippen molar-refractivity contribution in [3.63, 3.8) is 0 Å². The maximum atomic E-state index is 12.2. The van der Waals surface area contributed by atoms with Gasteiger partial charge in [0, 0.05) is 51.0 Å². The number of pyridine rings is 2. The molecule has 2 aliphatic heterocycles. The van der Waals surface area contributed by atoms with Gasteiger partial charge < -0.3 is 29.2 Å². The SMILES string of the molecule is C=CC(=O)N1CCC[C@H](Nc2cc(CN3CCOCC3)cc(Nc3cc(-c4nnc(-c5ccccn5)o4)on3)n2)C1. The molecule has 13 nitrogen and oxygen atoms in total. The van der Waals surface area contributed by atoms with Crippen LogP contribution in [0, 0.1) is 0 Å². The summed E-state index contributed by atoms with van der Waals surface area (Å²) in [7, 11) is 0. The molecule has 1 atom stereocenters. The average molecular weight is 558 g/mol. The van der Waals surface area contributed by atoms with Gasteiger partial charge in [-0.1, -0.05) is 17.8 Å². The quantitative estimate of drug-likeness (QED) is 0.291. The number of hydrogen-bond acceptors (Lipinski definition) is 12. The summed E-state index contributed by atoms with van der Waals surface area (Å²) in [5.41, 5.74) is 1.66. The number of morpholine rings is 1. The van der Waals surface area contributed by atoms with Gasteiger partial charge in [-0.25, -0.2) is 4.98 Å². The molecule has 212 valence electrons. The minimum absolute atomic E-state index is 0.0527. The normalized spacial score (nSPS) is 17.8. The largest absolute Gasteiger partial charge is 0.412 e. The van der Waals surface area contributed by atoms with E-state index in [-0.39, 0.29) is 23.7 Å². The predicted octanol–water partition coefficient (Wildman–Crippen LogP) is 3.35. The first-order chi connectivity index (χ1) is 20.1. The van der Waals surface area contributed by atoms with Crippen molar-refractivity contribution in [2.45, 2.75) is 25.4 Å². The Hall–Kier alpha value is -4.62. The number of ether oxygens (including phenoxy) is 1. The third kappa shape index (κ3) is 6.58. The lowest BCUT2D eigenvalue weighted by atomic mass is 10.1. The summed E-state index contributed by atoms with van der Waals surface area (Å²) in [6.07, 6.45) is 4.88. The molecule has 0 aliphatic carbocycles. The van der Waals surface area contributed by atoms with E-state index < -0.39 is 0 Å². The summed E-state index contributed by atoms with van der Waals surface area (Å²) in [5, 5.41) is 19.0. The van der Waals surface area contributed by atoms with Gasteiger partial charge >= 0.3 is 0 Å². The lowest BCUT2D eigenvalue weighted by Crippen LogP contribution is -2.44. The molecule has 2 fully saturated rings. The highest BCUT2D eigenvalue weighted by Gasteiger charge is 2.23. The van der Waals surface area contributed by atoms with E-state index >= 15 is 0 Å². The topological polar surface area (TPSA) is 148 Å². The van der Waals surface area contributed by atoms with Crippen LogP contribution in [0.2, 0.25) is 0 Å². The van der Waals surface area contributed by atoms with Gasteiger partial charge in [0.2, 0.25) is 11.7 Å². The molecule has 41 heavy (non-hydrogen) atoms. The maximum Gasteiger partial charge on any atom is 0.286 e. The van der Waals surface area contributed by atoms with Gasteiger partial charge in [0.05, 0.1) is 13.2 Å². The fourth-order valence-corrected chi connectivity index (χ4v) is 4.95. The zero-order valence-electron chi connectivity index (χ0n) is 22.5. The Morgan fingerprint density at radius 1 is 1.07 bits per heavy atom. The summed E-state index contributed by atoms with van der Waals surface area (Å²) in [5.74, 6) is 2.51. The first-order valence-corrected chi connectivity index (χ1v) is 13.6. The van der Waals surface area contributed by atoms with Crippen LogP contribution in [0.25, 0.3) is 23.2 Å². The Kier molecular flexibility index (Phi) is 7.96. The highest BCUT2D eigenvalue weighted by atomic mass is 16.5. The summed E-state index contributed by atoms with van der Waals surface area (Å²) < 4.78 is 16.7. The van der Waals surface area contributed by atoms with Crippen LogP contribution >= 0.6 is 0 Å². The fourth-order valence-electron chi connectivity index (χ4n) is 4.95. The van der Waals surface area contributed by atoms with Crippen molar-refractivity contribution in [3.8, 4) is 23.2 Å². The number of anilines is 3. The number of carbonyl (C=O) groups is 1. The average Bonchev–Trinajstić information content (AvgIpc) is 3.68. The number of amides is 1. The molecule has 13 heteroatoms. The van der Waals surface area contributed by atoms with E-state index in [4.69, 9.17) is 18.7 Å². The smallest absolute Gasteiger partial charge is 0.286 e. The van der Waals surface area contributed by atoms with Crippen LogP contribution in [-0.2, 0) is 16.1 Å². The monoisotopic (exact) mass is 557 g/mol. The standard InChI is InChI=1S/C28H31N9O4/c1-2-26(38)37-9-5-6-20(18-37)30-23-14-19(17-36-10-12-39-13-11-36)15-24(31-23)32-25-16-22(41-35-25)28-34-33-27(40-28)21-7-3-4-8-29-21/h2-4,7-8,14-16,20H,1,5-6,9-13,17-18H2,(H2,30,31,32,35)/t20-/m0/s1. The van der Waals surface area contributed by atoms with E-state index in [9.17, 15) is 4.79 Å². The molecule has 2 N–H and O–H groups in total. The molecule has 0 saturated carbocycles. The number of rotatable bonds is 9. The van der Waals surface area contributed by atoms with Crippen LogP contribution in [0.15, 0.2) is 64.2 Å². The molecule has 0 spiro atoms. The van der Waals surface area contributed by atoms with E-state index in [2.05, 4.69) is 48.5 Å². The zero-order chi connectivity index (χ0) is 28.0. The molecule has 0 bridgehead atoms. The minimum atomic E-state index is -0.0527. The molecule has 0 unspecified atom stereocenters. The third-order valence-corrected chi connectivity index (χ3v) is 6.94. The van der Waals surface area contributed by atoms with Crippen molar-refractivity contribution in [1.29, 1.82) is 0 Å². The van der Waals surface area contributed by atoms with Crippen molar-refractivity contribution in [2.75, 3.05) is 50.0 Å². The van der Waals surface area contributed by atoms with Crippen molar-refractivity contribution in [3.05, 3.63) is 60.8 Å². The third-order valence-electron chi connectivity index (χ3n) is 6.94. The molecule has 6 rings (SSSR count). The molecular formula is C28H31N9O4. The predicted molar refractivity (Wildman–Crippen MR) is 150 cm³/mol. The molecule has 4 aromatic heterocycles. The summed E-state index contributed by atoms with van der Waals surface area (Å²) in [4.78, 5) is 25.4. The highest BCUT2D eigenvalue weighted by Crippen LogP contribution is 2.27. The van der Waals surface area contributed by atoms with E-state index in [1.54, 1.807) is 18.3 Å². The molecule has 0 radical (unpaired) electrons. The molecule has 2 saturated heterocycles. The lowest BCUT2D eigenvalue weighted by Gasteiger charge is -2.33. The second kappa shape index (κ2) is 12.3. The van der Waals surface area contributed by atoms with Gasteiger partial charge in [-0.2, -0.15) is 0 Å². The number of carbonyl (C=O) groups excluding carboxylic acids is 1. The second-order valence-electron chi connectivity index (χ2n) is 9.94. The number of aromatic nitrogens is 5. The van der Waals surface area contributed by atoms with Crippen molar-refractivity contribution in [2.24, 2.45) is 0 Å². The van der Waals surface area contributed by atoms with Gasteiger partial charge in [0.1, 0.15) is 17.3 Å². The molecule has 4 aromatic rings. The summed E-state index contributed by atoms with van der Waals surface area (Å²) >= 11 is 0. The van der Waals surface area contributed by atoms with Crippen molar-refractivity contribution >= 4 is 23.4 Å². The van der Waals surface area contributed by atoms with E-state index in [1.807, 2.05) is 23.1 Å². The van der Waals surface area contributed by atoms with Crippen LogP contribution in [0.5, 0.6) is 0 Å². The zero-order valence-corrected chi connectivity index (χ0v) is 22.5. The van der Waals surface area contributed by atoms with Gasteiger partial charge in [-0.05, 0) is 48.7 Å². The van der Waals surface area contributed by atoms with Gasteiger partial charge in [-0.15, -0.1) is 10.2 Å². The molecule has 2 aliphatic rings. The Morgan fingerprint density at radius 2 is 1.93 bits per heavy atom. The molecule has 6 heterocycles. The van der Waals surface area contributed by atoms with Gasteiger partial charge in [0.25, 0.3) is 11.8 Å². The Labute approximate surface area is 236 Å². The molecule has 1 amide bonds. The van der Waals surface area contributed by atoms with Crippen LogP contribution in [0.1, 0.15) is 18.4 Å². The minimum Gasteiger partial charge on any atom is -0.412 e. The van der Waals surface area contributed by atoms with Gasteiger partial charge in [-0.3, -0.25) is 14.7 Å². The number of nitrogens with one attached hydrogen (secondary N) is 2. The van der Waals surface area contributed by atoms with Crippen molar-refractivity contribution in [1.82, 2.24) is 35.1 Å². The number of piperidine rings is 1. The Morgan fingerprint density at radius 3 is 2.76 bits per heavy atom. The first-order valence-electron chi connectivity index (χ1n) is 13.6. The van der Waals surface area contributed by atoms with Gasteiger partial charge in [0.15, 0.2) is 5.82 Å². The van der Waals surface area contributed by atoms with E-state index in [0.29, 0.717) is 29.6 Å². The Bertz CT molecular complexity index is 1480. The fraction of sp³-hybridized carbons (Fsp3) is 0.357. The van der Waals surface area contributed by atoms with E-state index in [1.165, 1.54) is 6.08 Å². The van der Waals surface area contributed by atoms with Crippen LogP contribution in [0.4, 0.5) is 17.5 Å². The van der Waals surface area contributed by atoms with Crippen LogP contribution < -0.4 is 10.6 Å². The Balaban J connectivity index is 1.20. The summed E-state index contributed by atoms with van der Waals surface area (Å²) in [6, 6.07) is 11.3. The van der Waals surface area contributed by atoms with E-state index in [0.717, 1.165) is 63.6 Å².